The molecular weight excluding hydrogens is 572 g/mol. The third kappa shape index (κ3) is 6.68. The molecule has 2 amide bonds. The molecule has 0 saturated carbocycles. The molecule has 44 heavy (non-hydrogen) atoms. The highest BCUT2D eigenvalue weighted by Crippen LogP contribution is 2.39. The van der Waals surface area contributed by atoms with Gasteiger partial charge in [-0.25, -0.2) is 0 Å². The van der Waals surface area contributed by atoms with E-state index < -0.39 is 0 Å². The highest BCUT2D eigenvalue weighted by Gasteiger charge is 2.35. The summed E-state index contributed by atoms with van der Waals surface area (Å²) in [7, 11) is 1.59. The largest absolute Gasteiger partial charge is 0.497 e. The van der Waals surface area contributed by atoms with Crippen molar-refractivity contribution in [2.45, 2.75) is 24.6 Å². The lowest BCUT2D eigenvalue weighted by molar-refractivity contribution is 0.0954. The number of carbonyl (C=O) groups is 2. The molecule has 2 atom stereocenters. The highest BCUT2D eigenvalue weighted by atomic mass is 32.2. The number of aromatic nitrogens is 1. The second kappa shape index (κ2) is 13.4. The van der Waals surface area contributed by atoms with Crippen LogP contribution in [0.25, 0.3) is 0 Å². The zero-order valence-electron chi connectivity index (χ0n) is 24.7. The van der Waals surface area contributed by atoms with E-state index in [9.17, 15) is 14.4 Å². The molecule has 3 aromatic carbocycles. The number of pyridine rings is 1. The number of nitrogens with one attached hydrogen (secondary N) is 2. The van der Waals surface area contributed by atoms with Crippen LogP contribution in [0.5, 0.6) is 5.75 Å². The molecule has 8 nitrogen and oxygen atoms in total. The van der Waals surface area contributed by atoms with Gasteiger partial charge in [0.05, 0.1) is 18.5 Å². The number of hydrogen-bond donors (Lipinski definition) is 2. The quantitative estimate of drug-likeness (QED) is 0.235. The molecule has 1 fully saturated rings. The Hall–Kier alpha value is -4.50. The lowest BCUT2D eigenvalue weighted by Gasteiger charge is -2.44. The second-order valence-corrected chi connectivity index (χ2v) is 12.4. The van der Waals surface area contributed by atoms with Crippen LogP contribution in [-0.2, 0) is 12.3 Å². The number of anilines is 2. The topological polar surface area (TPSA) is 92.7 Å². The summed E-state index contributed by atoms with van der Waals surface area (Å²) in [6.07, 6.45) is 1.02. The molecule has 2 unspecified atom stereocenters. The maximum atomic E-state index is 13.4. The highest BCUT2D eigenvalue weighted by molar-refractivity contribution is 7.98. The Labute approximate surface area is 261 Å². The summed E-state index contributed by atoms with van der Waals surface area (Å²) in [6.45, 7) is 2.70. The lowest BCUT2D eigenvalue weighted by atomic mass is 9.83. The first-order valence-electron chi connectivity index (χ1n) is 14.9. The van der Waals surface area contributed by atoms with E-state index in [2.05, 4.69) is 27.7 Å². The number of ether oxygens (including phenoxy) is 1. The standard InChI is InChI=1S/C35H36N4O4S/c1-43-29-13-10-26(11-14-29)35(42)37-30-19-27(34(41)36-16-17-44-23-24-6-3-2-4-7-24)12-15-32(30)38-20-25-18-28(22-38)31-8-5-9-33(40)39(31)21-25/h2-15,19,25,28H,16-18,20-23H2,1H3,(H,36,41)(H,37,42). The summed E-state index contributed by atoms with van der Waals surface area (Å²) in [6, 6.07) is 28.2. The van der Waals surface area contributed by atoms with Crippen molar-refractivity contribution in [2.24, 2.45) is 5.92 Å². The van der Waals surface area contributed by atoms with Crippen LogP contribution in [0.1, 0.15) is 44.3 Å². The van der Waals surface area contributed by atoms with Crippen LogP contribution in [0.3, 0.4) is 0 Å². The van der Waals surface area contributed by atoms with E-state index in [4.69, 9.17) is 4.74 Å². The third-order valence-corrected chi connectivity index (χ3v) is 9.35. The number of fused-ring (bicyclic) bond motifs is 4. The van der Waals surface area contributed by atoms with Crippen molar-refractivity contribution in [3.8, 4) is 5.75 Å². The van der Waals surface area contributed by atoms with Crippen molar-refractivity contribution in [3.63, 3.8) is 0 Å². The number of nitrogens with zero attached hydrogens (tertiary/aromatic N) is 2. The summed E-state index contributed by atoms with van der Waals surface area (Å²) >= 11 is 1.77. The van der Waals surface area contributed by atoms with Gasteiger partial charge in [-0.15, -0.1) is 0 Å². The average molecular weight is 609 g/mol. The molecule has 3 heterocycles. The second-order valence-electron chi connectivity index (χ2n) is 11.3. The van der Waals surface area contributed by atoms with Gasteiger partial charge in [-0.05, 0) is 66.4 Å². The van der Waals surface area contributed by atoms with Crippen LogP contribution in [0.4, 0.5) is 11.4 Å². The number of thioether (sulfide) groups is 1. The number of amides is 2. The van der Waals surface area contributed by atoms with Gasteiger partial charge in [0.25, 0.3) is 17.4 Å². The van der Waals surface area contributed by atoms with Gasteiger partial charge in [-0.1, -0.05) is 36.4 Å². The van der Waals surface area contributed by atoms with Crippen molar-refractivity contribution in [2.75, 3.05) is 42.7 Å². The molecule has 0 aliphatic carbocycles. The first-order chi connectivity index (χ1) is 21.5. The fourth-order valence-electron chi connectivity index (χ4n) is 6.19. The molecule has 2 bridgehead atoms. The third-order valence-electron chi connectivity index (χ3n) is 8.32. The van der Waals surface area contributed by atoms with Gasteiger partial charge in [0.1, 0.15) is 5.75 Å². The maximum absolute atomic E-state index is 13.4. The molecule has 1 saturated heterocycles. The predicted octanol–water partition coefficient (Wildman–Crippen LogP) is 5.40. The van der Waals surface area contributed by atoms with E-state index in [-0.39, 0.29) is 23.3 Å². The first-order valence-corrected chi connectivity index (χ1v) is 16.1. The lowest BCUT2D eigenvalue weighted by Crippen LogP contribution is -2.47. The predicted molar refractivity (Wildman–Crippen MR) is 176 cm³/mol. The molecule has 6 rings (SSSR count). The maximum Gasteiger partial charge on any atom is 0.255 e. The minimum absolute atomic E-state index is 0.0481. The van der Waals surface area contributed by atoms with E-state index in [0.717, 1.165) is 42.4 Å². The average Bonchev–Trinajstić information content (AvgIpc) is 3.05. The molecule has 9 heteroatoms. The normalized spacial score (nSPS) is 17.0. The molecule has 2 aliphatic rings. The number of methoxy groups -OCH3 is 1. The van der Waals surface area contributed by atoms with Gasteiger partial charge in [0, 0.05) is 66.5 Å². The molecule has 2 aliphatic heterocycles. The van der Waals surface area contributed by atoms with Crippen molar-refractivity contribution in [1.29, 1.82) is 0 Å². The van der Waals surface area contributed by atoms with Crippen LogP contribution >= 0.6 is 11.8 Å². The van der Waals surface area contributed by atoms with Gasteiger partial charge >= 0.3 is 0 Å². The number of hydrogen-bond acceptors (Lipinski definition) is 6. The summed E-state index contributed by atoms with van der Waals surface area (Å²) in [4.78, 5) is 41.4. The number of rotatable bonds is 10. The Balaban J connectivity index is 1.20. The van der Waals surface area contributed by atoms with Crippen molar-refractivity contribution >= 4 is 35.0 Å². The van der Waals surface area contributed by atoms with Gasteiger partial charge in [0.2, 0.25) is 0 Å². The van der Waals surface area contributed by atoms with Crippen LogP contribution in [0, 0.1) is 5.92 Å². The summed E-state index contributed by atoms with van der Waals surface area (Å²) in [5.74, 6) is 2.42. The van der Waals surface area contributed by atoms with E-state index >= 15 is 0 Å². The Morgan fingerprint density at radius 2 is 1.68 bits per heavy atom. The minimum Gasteiger partial charge on any atom is -0.497 e. The minimum atomic E-state index is -0.266. The summed E-state index contributed by atoms with van der Waals surface area (Å²) in [5.41, 5.74) is 4.79. The van der Waals surface area contributed by atoms with E-state index in [0.29, 0.717) is 41.6 Å². The molecule has 226 valence electrons. The van der Waals surface area contributed by atoms with Gasteiger partial charge in [-0.2, -0.15) is 11.8 Å². The summed E-state index contributed by atoms with van der Waals surface area (Å²) < 4.78 is 7.15. The SMILES string of the molecule is COc1ccc(C(=O)Nc2cc(C(=O)NCCSCc3ccccc3)ccc2N2CC3CC(C2)c2cccc(=O)n2C3)cc1. The number of benzene rings is 3. The van der Waals surface area contributed by atoms with Crippen LogP contribution in [0.15, 0.2) is 95.8 Å². The van der Waals surface area contributed by atoms with Crippen molar-refractivity contribution in [3.05, 3.63) is 124 Å². The van der Waals surface area contributed by atoms with Crippen LogP contribution in [-0.4, -0.2) is 48.9 Å². The Morgan fingerprint density at radius 1 is 0.886 bits per heavy atom. The fourth-order valence-corrected chi connectivity index (χ4v) is 7.01. The first kappa shape index (κ1) is 29.6. The van der Waals surface area contributed by atoms with E-state index in [1.165, 1.54) is 5.56 Å². The Bertz CT molecular complexity index is 1690. The zero-order chi connectivity index (χ0) is 30.5. The molecule has 0 radical (unpaired) electrons. The van der Waals surface area contributed by atoms with Crippen LogP contribution in [0.2, 0.25) is 0 Å². The zero-order valence-corrected chi connectivity index (χ0v) is 25.5. The van der Waals surface area contributed by atoms with Crippen LogP contribution < -0.4 is 25.8 Å². The Morgan fingerprint density at radius 3 is 2.48 bits per heavy atom. The van der Waals surface area contributed by atoms with Gasteiger partial charge in [0.15, 0.2) is 0 Å². The molecular formula is C35H36N4O4S. The smallest absolute Gasteiger partial charge is 0.255 e. The van der Waals surface area contributed by atoms with E-state index in [1.54, 1.807) is 55.3 Å². The molecule has 4 aromatic rings. The van der Waals surface area contributed by atoms with Crippen molar-refractivity contribution < 1.29 is 14.3 Å². The van der Waals surface area contributed by atoms with Gasteiger partial charge < -0.3 is 24.8 Å². The van der Waals surface area contributed by atoms with Crippen molar-refractivity contribution in [1.82, 2.24) is 9.88 Å². The molecule has 1 aromatic heterocycles. The Kier molecular flexibility index (Phi) is 9.02. The fraction of sp³-hybridized carbons (Fsp3) is 0.286. The number of carbonyl (C=O) groups excluding carboxylic acids is 2. The van der Waals surface area contributed by atoms with Gasteiger partial charge in [-0.3, -0.25) is 14.4 Å². The molecule has 0 spiro atoms. The summed E-state index contributed by atoms with van der Waals surface area (Å²) in [5, 5.41) is 6.11. The number of piperidine rings is 1. The van der Waals surface area contributed by atoms with E-state index in [1.807, 2.05) is 47.0 Å². The monoisotopic (exact) mass is 608 g/mol. The molecule has 2 N–H and O–H groups in total.